The lowest BCUT2D eigenvalue weighted by atomic mass is 10.4. The monoisotopic (exact) mass is 288 g/mol. The molecule has 1 heterocycles. The van der Waals surface area contributed by atoms with Gasteiger partial charge < -0.3 is 4.74 Å². The van der Waals surface area contributed by atoms with E-state index in [2.05, 4.69) is 5.10 Å². The van der Waals surface area contributed by atoms with Crippen LogP contribution in [0.2, 0.25) is 0 Å². The largest absolute Gasteiger partial charge is 0.375 e. The second-order valence-corrected chi connectivity index (χ2v) is 5.70. The van der Waals surface area contributed by atoms with Crippen LogP contribution in [0.15, 0.2) is 11.1 Å². The fraction of sp³-hybridized carbons (Fsp3) is 0.625. The molecule has 0 N–H and O–H groups in total. The summed E-state index contributed by atoms with van der Waals surface area (Å²) in [5, 5.41) is 3.28. The Morgan fingerprint density at radius 2 is 2.24 bits per heavy atom. The number of hydrogen-bond acceptors (Lipinski definition) is 4. The first-order valence-electron chi connectivity index (χ1n) is 4.74. The minimum atomic E-state index is -4.11. The summed E-state index contributed by atoms with van der Waals surface area (Å²) in [6.07, 6.45) is 1.48. The van der Waals surface area contributed by atoms with Crippen LogP contribution in [-0.4, -0.2) is 24.8 Å². The molecular weight excluding hydrogens is 278 g/mol. The molecular formula is C8H11ClF2N2O3S. The van der Waals surface area contributed by atoms with Crippen molar-refractivity contribution in [1.82, 2.24) is 9.78 Å². The summed E-state index contributed by atoms with van der Waals surface area (Å²) in [6.45, 7) is -1.05. The highest BCUT2D eigenvalue weighted by molar-refractivity contribution is 8.13. The van der Waals surface area contributed by atoms with E-state index >= 15 is 0 Å². The molecule has 0 aliphatic rings. The third-order valence-corrected chi connectivity index (χ3v) is 3.26. The number of alkyl halides is 2. The highest BCUT2D eigenvalue weighted by Gasteiger charge is 2.24. The molecule has 0 fully saturated rings. The summed E-state index contributed by atoms with van der Waals surface area (Å²) in [6, 6.07) is 0. The summed E-state index contributed by atoms with van der Waals surface area (Å²) in [7, 11) is 1.01. The van der Waals surface area contributed by atoms with Crippen molar-refractivity contribution in [2.24, 2.45) is 0 Å². The molecule has 1 aromatic heterocycles. The number of hydrogen-bond donors (Lipinski definition) is 0. The van der Waals surface area contributed by atoms with E-state index in [4.69, 9.17) is 15.4 Å². The lowest BCUT2D eigenvalue weighted by Crippen LogP contribution is -2.09. The molecule has 0 unspecified atom stereocenters. The SMILES string of the molecule is CCCOCc1c(S(=O)(=O)Cl)cnn1C(F)F. The van der Waals surface area contributed by atoms with Crippen molar-refractivity contribution in [2.45, 2.75) is 31.4 Å². The molecule has 98 valence electrons. The Morgan fingerprint density at radius 1 is 1.59 bits per heavy atom. The minimum absolute atomic E-state index is 0.247. The molecule has 0 aliphatic heterocycles. The number of rotatable bonds is 6. The standard InChI is InChI=1S/C8H11ClF2N2O3S/c1-2-3-16-5-6-7(17(9,14)15)4-12-13(6)8(10)11/h4,8H,2-3,5H2,1H3. The molecule has 0 saturated carbocycles. The molecule has 9 heteroatoms. The van der Waals surface area contributed by atoms with Gasteiger partial charge in [-0.05, 0) is 6.42 Å². The van der Waals surface area contributed by atoms with Gasteiger partial charge in [0.05, 0.1) is 18.5 Å². The van der Waals surface area contributed by atoms with Crippen molar-refractivity contribution in [2.75, 3.05) is 6.61 Å². The summed E-state index contributed by atoms with van der Waals surface area (Å²) in [5.41, 5.74) is -0.247. The zero-order valence-electron chi connectivity index (χ0n) is 8.94. The van der Waals surface area contributed by atoms with Gasteiger partial charge in [-0.2, -0.15) is 13.9 Å². The van der Waals surface area contributed by atoms with Gasteiger partial charge in [0.2, 0.25) is 0 Å². The van der Waals surface area contributed by atoms with Crippen molar-refractivity contribution in [3.8, 4) is 0 Å². The first-order chi connectivity index (χ1) is 7.88. The molecule has 0 aromatic carbocycles. The number of halogens is 3. The van der Waals surface area contributed by atoms with E-state index in [0.29, 0.717) is 13.0 Å². The topological polar surface area (TPSA) is 61.2 Å². The van der Waals surface area contributed by atoms with Gasteiger partial charge in [-0.25, -0.2) is 13.1 Å². The maximum absolute atomic E-state index is 12.5. The van der Waals surface area contributed by atoms with Crippen molar-refractivity contribution in [1.29, 1.82) is 0 Å². The molecule has 0 amide bonds. The predicted molar refractivity (Wildman–Crippen MR) is 56.5 cm³/mol. The Hall–Kier alpha value is -0.730. The van der Waals surface area contributed by atoms with E-state index < -0.39 is 20.5 Å². The molecule has 0 bridgehead atoms. The van der Waals surface area contributed by atoms with Crippen LogP contribution in [-0.2, 0) is 20.4 Å². The van der Waals surface area contributed by atoms with Gasteiger partial charge in [-0.15, -0.1) is 0 Å². The average Bonchev–Trinajstić information content (AvgIpc) is 2.61. The smallest absolute Gasteiger partial charge is 0.333 e. The second-order valence-electron chi connectivity index (χ2n) is 3.17. The Bertz CT molecular complexity index is 475. The van der Waals surface area contributed by atoms with Crippen LogP contribution >= 0.6 is 10.7 Å². The highest BCUT2D eigenvalue weighted by atomic mass is 35.7. The Balaban J connectivity index is 3.07. The quantitative estimate of drug-likeness (QED) is 0.594. The van der Waals surface area contributed by atoms with Crippen molar-refractivity contribution < 1.29 is 21.9 Å². The van der Waals surface area contributed by atoms with Crippen LogP contribution < -0.4 is 0 Å². The van der Waals surface area contributed by atoms with Crippen molar-refractivity contribution >= 4 is 19.7 Å². The van der Waals surface area contributed by atoms with E-state index in [-0.39, 0.29) is 17.0 Å². The van der Waals surface area contributed by atoms with Crippen LogP contribution in [0, 0.1) is 0 Å². The lowest BCUT2D eigenvalue weighted by Gasteiger charge is -2.07. The van der Waals surface area contributed by atoms with Crippen LogP contribution in [0.4, 0.5) is 8.78 Å². The first-order valence-corrected chi connectivity index (χ1v) is 7.05. The zero-order chi connectivity index (χ0) is 13.1. The summed E-state index contributed by atoms with van der Waals surface area (Å²) < 4.78 is 52.7. The molecule has 17 heavy (non-hydrogen) atoms. The Morgan fingerprint density at radius 3 is 2.71 bits per heavy atom. The summed E-state index contributed by atoms with van der Waals surface area (Å²) in [5.74, 6) is 0. The van der Waals surface area contributed by atoms with E-state index in [1.807, 2.05) is 6.92 Å². The number of ether oxygens (including phenoxy) is 1. The fourth-order valence-corrected chi connectivity index (χ4v) is 2.19. The number of aromatic nitrogens is 2. The molecule has 1 aromatic rings. The molecule has 1 rings (SSSR count). The van der Waals surface area contributed by atoms with Crippen molar-refractivity contribution in [3.63, 3.8) is 0 Å². The highest BCUT2D eigenvalue weighted by Crippen LogP contribution is 2.24. The molecule has 5 nitrogen and oxygen atoms in total. The van der Waals surface area contributed by atoms with Crippen LogP contribution in [0.5, 0.6) is 0 Å². The van der Waals surface area contributed by atoms with E-state index in [1.165, 1.54) is 0 Å². The van der Waals surface area contributed by atoms with Crippen LogP contribution in [0.25, 0.3) is 0 Å². The average molecular weight is 289 g/mol. The molecule has 0 saturated heterocycles. The van der Waals surface area contributed by atoms with Crippen molar-refractivity contribution in [3.05, 3.63) is 11.9 Å². The van der Waals surface area contributed by atoms with Crippen LogP contribution in [0.1, 0.15) is 25.6 Å². The van der Waals surface area contributed by atoms with E-state index in [0.717, 1.165) is 6.20 Å². The summed E-state index contributed by atoms with van der Waals surface area (Å²) >= 11 is 0. The van der Waals surface area contributed by atoms with Gasteiger partial charge in [0.1, 0.15) is 4.90 Å². The van der Waals surface area contributed by atoms with Gasteiger partial charge >= 0.3 is 6.55 Å². The minimum Gasteiger partial charge on any atom is -0.375 e. The second kappa shape index (κ2) is 5.74. The third-order valence-electron chi connectivity index (χ3n) is 1.90. The Labute approximate surface area is 102 Å². The number of nitrogens with zero attached hydrogens (tertiary/aromatic N) is 2. The van der Waals surface area contributed by atoms with Gasteiger partial charge in [0.15, 0.2) is 0 Å². The lowest BCUT2D eigenvalue weighted by molar-refractivity contribution is 0.0405. The normalized spacial score (nSPS) is 12.3. The molecule has 0 atom stereocenters. The third kappa shape index (κ3) is 3.62. The van der Waals surface area contributed by atoms with Gasteiger partial charge in [-0.3, -0.25) is 0 Å². The maximum atomic E-state index is 12.5. The summed E-state index contributed by atoms with van der Waals surface area (Å²) in [4.78, 5) is -0.449. The van der Waals surface area contributed by atoms with Crippen LogP contribution in [0.3, 0.4) is 0 Å². The van der Waals surface area contributed by atoms with Gasteiger partial charge in [0, 0.05) is 17.3 Å². The first kappa shape index (κ1) is 14.3. The van der Waals surface area contributed by atoms with Gasteiger partial charge in [-0.1, -0.05) is 6.92 Å². The van der Waals surface area contributed by atoms with E-state index in [1.54, 1.807) is 0 Å². The van der Waals surface area contributed by atoms with Gasteiger partial charge in [0.25, 0.3) is 9.05 Å². The molecule has 0 aliphatic carbocycles. The molecule has 0 radical (unpaired) electrons. The molecule has 0 spiro atoms. The Kier molecular flexibility index (Phi) is 4.84. The zero-order valence-corrected chi connectivity index (χ0v) is 10.5. The van der Waals surface area contributed by atoms with E-state index in [9.17, 15) is 17.2 Å². The fourth-order valence-electron chi connectivity index (χ4n) is 1.19. The predicted octanol–water partition coefficient (Wildman–Crippen LogP) is 2.13. The maximum Gasteiger partial charge on any atom is 0.333 e.